The fraction of sp³-hybridized carbons (Fsp3) is 0.500. The first-order valence-corrected chi connectivity index (χ1v) is 6.15. The molecule has 0 bridgehead atoms. The molecule has 0 heterocycles. The number of hydrogen-bond donors (Lipinski definition) is 1. The van der Waals surface area contributed by atoms with Crippen LogP contribution in [0.3, 0.4) is 0 Å². The second-order valence-electron chi connectivity index (χ2n) is 4.29. The molecule has 0 aliphatic heterocycles. The number of nitrogens with two attached hydrogens (primary N) is 1. The molecule has 0 amide bonds. The predicted octanol–water partition coefficient (Wildman–Crippen LogP) is 3.26. The lowest BCUT2D eigenvalue weighted by Gasteiger charge is -2.16. The molecule has 1 aromatic rings. The van der Waals surface area contributed by atoms with E-state index in [9.17, 15) is 4.39 Å². The number of rotatable bonds is 2. The van der Waals surface area contributed by atoms with E-state index in [1.807, 2.05) is 6.07 Å². The molecule has 2 atom stereocenters. The summed E-state index contributed by atoms with van der Waals surface area (Å²) in [6.07, 6.45) is 4.52. The summed E-state index contributed by atoms with van der Waals surface area (Å²) in [6.45, 7) is 0. The Morgan fingerprint density at radius 3 is 2.80 bits per heavy atom. The first kappa shape index (κ1) is 11.1. The third kappa shape index (κ3) is 2.58. The SMILES string of the molecule is NC1CCCC1Cc1ccc(F)cc1Br. The first-order chi connectivity index (χ1) is 7.16. The Morgan fingerprint density at radius 2 is 2.20 bits per heavy atom. The van der Waals surface area contributed by atoms with Gasteiger partial charge in [0.2, 0.25) is 0 Å². The second-order valence-corrected chi connectivity index (χ2v) is 5.15. The molecule has 1 saturated carbocycles. The highest BCUT2D eigenvalue weighted by molar-refractivity contribution is 9.10. The largest absolute Gasteiger partial charge is 0.327 e. The van der Waals surface area contributed by atoms with E-state index in [0.29, 0.717) is 12.0 Å². The van der Waals surface area contributed by atoms with Gasteiger partial charge in [0, 0.05) is 10.5 Å². The summed E-state index contributed by atoms with van der Waals surface area (Å²) in [5.74, 6) is 0.369. The Bertz CT molecular complexity index is 353. The summed E-state index contributed by atoms with van der Waals surface area (Å²) in [5.41, 5.74) is 7.18. The number of halogens is 2. The molecule has 2 rings (SSSR count). The van der Waals surface area contributed by atoms with Gasteiger partial charge in [0.25, 0.3) is 0 Å². The van der Waals surface area contributed by atoms with E-state index < -0.39 is 0 Å². The molecule has 1 nitrogen and oxygen atoms in total. The van der Waals surface area contributed by atoms with Crippen molar-refractivity contribution in [3.8, 4) is 0 Å². The highest BCUT2D eigenvalue weighted by Crippen LogP contribution is 2.30. The maximum Gasteiger partial charge on any atom is 0.124 e. The molecule has 2 N–H and O–H groups in total. The van der Waals surface area contributed by atoms with Crippen LogP contribution in [0.15, 0.2) is 22.7 Å². The molecule has 1 aliphatic carbocycles. The molecule has 0 aromatic heterocycles. The molecule has 15 heavy (non-hydrogen) atoms. The van der Waals surface area contributed by atoms with Gasteiger partial charge in [-0.15, -0.1) is 0 Å². The summed E-state index contributed by atoms with van der Waals surface area (Å²) in [6, 6.07) is 5.21. The van der Waals surface area contributed by atoms with Crippen molar-refractivity contribution in [1.29, 1.82) is 0 Å². The average molecular weight is 272 g/mol. The zero-order valence-corrected chi connectivity index (χ0v) is 10.1. The molecule has 1 aromatic carbocycles. The van der Waals surface area contributed by atoms with Gasteiger partial charge in [-0.2, -0.15) is 0 Å². The van der Waals surface area contributed by atoms with Crippen LogP contribution in [0.1, 0.15) is 24.8 Å². The van der Waals surface area contributed by atoms with Gasteiger partial charge in [0.1, 0.15) is 5.82 Å². The van der Waals surface area contributed by atoms with Crippen LogP contribution in [-0.4, -0.2) is 6.04 Å². The van der Waals surface area contributed by atoms with Crippen molar-refractivity contribution in [3.63, 3.8) is 0 Å². The van der Waals surface area contributed by atoms with Crippen molar-refractivity contribution in [2.75, 3.05) is 0 Å². The Morgan fingerprint density at radius 1 is 1.40 bits per heavy atom. The molecular weight excluding hydrogens is 257 g/mol. The Balaban J connectivity index is 2.10. The van der Waals surface area contributed by atoms with Gasteiger partial charge in [-0.1, -0.05) is 28.4 Å². The molecule has 0 spiro atoms. The smallest absolute Gasteiger partial charge is 0.124 e. The maximum absolute atomic E-state index is 12.9. The summed E-state index contributed by atoms with van der Waals surface area (Å²) in [5, 5.41) is 0. The van der Waals surface area contributed by atoms with Crippen LogP contribution in [0.4, 0.5) is 4.39 Å². The Labute approximate surface area is 98.0 Å². The first-order valence-electron chi connectivity index (χ1n) is 5.36. The van der Waals surface area contributed by atoms with E-state index in [2.05, 4.69) is 15.9 Å². The average Bonchev–Trinajstić information content (AvgIpc) is 2.57. The van der Waals surface area contributed by atoms with Gasteiger partial charge in [-0.3, -0.25) is 0 Å². The Kier molecular flexibility index (Phi) is 3.42. The molecule has 0 radical (unpaired) electrons. The Hall–Kier alpha value is -0.410. The topological polar surface area (TPSA) is 26.0 Å². The third-order valence-corrected chi connectivity index (χ3v) is 3.95. The van der Waals surface area contributed by atoms with Crippen LogP contribution in [0, 0.1) is 11.7 Å². The van der Waals surface area contributed by atoms with Gasteiger partial charge in [-0.25, -0.2) is 4.39 Å². The molecular formula is C12H15BrFN. The molecule has 3 heteroatoms. The van der Waals surface area contributed by atoms with Gasteiger partial charge < -0.3 is 5.73 Å². The van der Waals surface area contributed by atoms with Crippen LogP contribution in [-0.2, 0) is 6.42 Å². The fourth-order valence-corrected chi connectivity index (χ4v) is 2.80. The van der Waals surface area contributed by atoms with Crippen molar-refractivity contribution in [2.45, 2.75) is 31.7 Å². The number of benzene rings is 1. The van der Waals surface area contributed by atoms with E-state index >= 15 is 0 Å². The summed E-state index contributed by atoms with van der Waals surface area (Å²) < 4.78 is 13.7. The van der Waals surface area contributed by atoms with Crippen LogP contribution < -0.4 is 5.73 Å². The second kappa shape index (κ2) is 4.62. The summed E-state index contributed by atoms with van der Waals surface area (Å²) in [4.78, 5) is 0. The van der Waals surface area contributed by atoms with Crippen LogP contribution in [0.2, 0.25) is 0 Å². The summed E-state index contributed by atoms with van der Waals surface area (Å²) in [7, 11) is 0. The van der Waals surface area contributed by atoms with E-state index in [4.69, 9.17) is 5.73 Å². The molecule has 2 unspecified atom stereocenters. The van der Waals surface area contributed by atoms with E-state index in [-0.39, 0.29) is 5.82 Å². The van der Waals surface area contributed by atoms with E-state index in [0.717, 1.165) is 17.3 Å². The predicted molar refractivity (Wildman–Crippen MR) is 63.1 cm³/mol. The van der Waals surface area contributed by atoms with Crippen molar-refractivity contribution >= 4 is 15.9 Å². The summed E-state index contributed by atoms with van der Waals surface area (Å²) >= 11 is 3.39. The third-order valence-electron chi connectivity index (χ3n) is 3.22. The molecule has 1 fully saturated rings. The molecule has 0 saturated heterocycles. The van der Waals surface area contributed by atoms with Gasteiger partial charge in [0.05, 0.1) is 0 Å². The lowest BCUT2D eigenvalue weighted by Crippen LogP contribution is -2.25. The van der Waals surface area contributed by atoms with Crippen molar-refractivity contribution < 1.29 is 4.39 Å². The van der Waals surface area contributed by atoms with Gasteiger partial charge in [0.15, 0.2) is 0 Å². The monoisotopic (exact) mass is 271 g/mol. The highest BCUT2D eigenvalue weighted by Gasteiger charge is 2.24. The minimum Gasteiger partial charge on any atom is -0.327 e. The van der Waals surface area contributed by atoms with Crippen molar-refractivity contribution in [1.82, 2.24) is 0 Å². The molecule has 82 valence electrons. The van der Waals surface area contributed by atoms with Gasteiger partial charge >= 0.3 is 0 Å². The standard InChI is InChI=1S/C12H15BrFN/c13-11-7-10(14)5-4-8(11)6-9-2-1-3-12(9)15/h4-5,7,9,12H,1-3,6,15H2. The van der Waals surface area contributed by atoms with Crippen LogP contribution >= 0.6 is 15.9 Å². The fourth-order valence-electron chi connectivity index (χ4n) is 2.29. The van der Waals surface area contributed by atoms with Crippen LogP contribution in [0.25, 0.3) is 0 Å². The highest BCUT2D eigenvalue weighted by atomic mass is 79.9. The van der Waals surface area contributed by atoms with Crippen molar-refractivity contribution in [2.24, 2.45) is 11.7 Å². The van der Waals surface area contributed by atoms with Gasteiger partial charge in [-0.05, 0) is 42.9 Å². The number of hydrogen-bond acceptors (Lipinski definition) is 1. The maximum atomic E-state index is 12.9. The quantitative estimate of drug-likeness (QED) is 0.878. The zero-order valence-electron chi connectivity index (χ0n) is 8.55. The lowest BCUT2D eigenvalue weighted by molar-refractivity contribution is 0.477. The lowest BCUT2D eigenvalue weighted by atomic mass is 9.95. The molecule has 1 aliphatic rings. The van der Waals surface area contributed by atoms with E-state index in [1.54, 1.807) is 0 Å². The minimum absolute atomic E-state index is 0.193. The van der Waals surface area contributed by atoms with Crippen LogP contribution in [0.5, 0.6) is 0 Å². The van der Waals surface area contributed by atoms with Crippen molar-refractivity contribution in [3.05, 3.63) is 34.1 Å². The zero-order chi connectivity index (χ0) is 10.8. The normalized spacial score (nSPS) is 25.8. The van der Waals surface area contributed by atoms with E-state index in [1.165, 1.54) is 30.5 Å². The minimum atomic E-state index is -0.193.